The van der Waals surface area contributed by atoms with Crippen LogP contribution in [0.1, 0.15) is 47.0 Å². The van der Waals surface area contributed by atoms with Gasteiger partial charge in [-0.05, 0) is 33.6 Å². The fourth-order valence-corrected chi connectivity index (χ4v) is 1.46. The van der Waals surface area contributed by atoms with Gasteiger partial charge in [0, 0.05) is 12.6 Å². The fraction of sp³-hybridized carbons (Fsp3) is 0.917. The first-order valence-corrected chi connectivity index (χ1v) is 5.87. The molecule has 2 atom stereocenters. The zero-order valence-electron chi connectivity index (χ0n) is 10.4. The number of ether oxygens (including phenoxy) is 1. The van der Waals surface area contributed by atoms with Crippen LogP contribution in [0, 0.1) is 11.3 Å². The summed E-state index contributed by atoms with van der Waals surface area (Å²) in [5.74, 6) is 0. The summed E-state index contributed by atoms with van der Waals surface area (Å²) in [7, 11) is 0. The van der Waals surface area contributed by atoms with Crippen LogP contribution in [0.2, 0.25) is 0 Å². The van der Waals surface area contributed by atoms with E-state index in [2.05, 4.69) is 25.2 Å². The van der Waals surface area contributed by atoms with Crippen LogP contribution >= 0.6 is 0 Å². The lowest BCUT2D eigenvalue weighted by Crippen LogP contribution is -2.34. The Morgan fingerprint density at radius 1 is 1.27 bits per heavy atom. The fourth-order valence-electron chi connectivity index (χ4n) is 1.46. The minimum absolute atomic E-state index is 0.0844. The molecule has 0 aliphatic heterocycles. The van der Waals surface area contributed by atoms with Crippen molar-refractivity contribution in [2.75, 3.05) is 6.61 Å². The molecule has 0 saturated heterocycles. The second-order valence-corrected chi connectivity index (χ2v) is 4.26. The minimum Gasteiger partial charge on any atom is -0.378 e. The molecular weight excluding hydrogens is 188 g/mol. The average Bonchev–Trinajstić information content (AvgIpc) is 2.16. The summed E-state index contributed by atoms with van der Waals surface area (Å²) < 4.78 is 5.61. The van der Waals surface area contributed by atoms with Gasteiger partial charge in [-0.25, -0.2) is 0 Å². The molecule has 3 heteroatoms. The summed E-state index contributed by atoms with van der Waals surface area (Å²) in [6, 6.07) is 2.51. The highest BCUT2D eigenvalue weighted by molar-refractivity contribution is 4.90. The van der Waals surface area contributed by atoms with Gasteiger partial charge in [0.1, 0.15) is 0 Å². The zero-order valence-corrected chi connectivity index (χ0v) is 10.4. The standard InChI is InChI=1S/C12H24N2O/c1-5-6-11(4)15-8-7-12(9-13)14-10(2)3/h10-12,14H,5-8H2,1-4H3. The molecular formula is C12H24N2O. The van der Waals surface area contributed by atoms with Crippen LogP contribution in [0.4, 0.5) is 0 Å². The molecule has 0 aromatic heterocycles. The van der Waals surface area contributed by atoms with E-state index in [9.17, 15) is 0 Å². The molecule has 0 fully saturated rings. The van der Waals surface area contributed by atoms with E-state index in [1.54, 1.807) is 0 Å². The van der Waals surface area contributed by atoms with Gasteiger partial charge in [0.15, 0.2) is 0 Å². The van der Waals surface area contributed by atoms with Crippen molar-refractivity contribution in [1.82, 2.24) is 5.32 Å². The van der Waals surface area contributed by atoms with Gasteiger partial charge in [0.05, 0.1) is 18.2 Å². The molecule has 0 aromatic carbocycles. The van der Waals surface area contributed by atoms with E-state index in [1.165, 1.54) is 0 Å². The predicted molar refractivity (Wildman–Crippen MR) is 62.6 cm³/mol. The highest BCUT2D eigenvalue weighted by atomic mass is 16.5. The Morgan fingerprint density at radius 2 is 1.93 bits per heavy atom. The van der Waals surface area contributed by atoms with Crippen LogP contribution in [0.5, 0.6) is 0 Å². The summed E-state index contributed by atoms with van der Waals surface area (Å²) in [5.41, 5.74) is 0. The molecule has 15 heavy (non-hydrogen) atoms. The van der Waals surface area contributed by atoms with Crippen molar-refractivity contribution in [3.05, 3.63) is 0 Å². The minimum atomic E-state index is -0.0844. The molecule has 0 rings (SSSR count). The predicted octanol–water partition coefficient (Wildman–Crippen LogP) is 2.47. The molecule has 0 spiro atoms. The number of rotatable bonds is 8. The Hall–Kier alpha value is -0.590. The summed E-state index contributed by atoms with van der Waals surface area (Å²) in [6.07, 6.45) is 3.32. The van der Waals surface area contributed by atoms with Gasteiger partial charge in [0.2, 0.25) is 0 Å². The number of hydrogen-bond donors (Lipinski definition) is 1. The van der Waals surface area contributed by atoms with Crippen molar-refractivity contribution in [2.45, 2.75) is 65.1 Å². The molecule has 0 radical (unpaired) electrons. The number of hydrogen-bond acceptors (Lipinski definition) is 3. The van der Waals surface area contributed by atoms with Crippen molar-refractivity contribution in [1.29, 1.82) is 5.26 Å². The highest BCUT2D eigenvalue weighted by Crippen LogP contribution is 2.02. The Labute approximate surface area is 93.8 Å². The van der Waals surface area contributed by atoms with Crippen molar-refractivity contribution in [3.8, 4) is 6.07 Å². The maximum atomic E-state index is 8.88. The second kappa shape index (κ2) is 8.70. The van der Waals surface area contributed by atoms with Crippen LogP contribution in [0.15, 0.2) is 0 Å². The van der Waals surface area contributed by atoms with Gasteiger partial charge in [0.25, 0.3) is 0 Å². The summed E-state index contributed by atoms with van der Waals surface area (Å²) in [4.78, 5) is 0. The molecule has 88 valence electrons. The van der Waals surface area contributed by atoms with Crippen molar-refractivity contribution in [3.63, 3.8) is 0 Å². The maximum absolute atomic E-state index is 8.88. The average molecular weight is 212 g/mol. The molecule has 0 aromatic rings. The third-order valence-corrected chi connectivity index (χ3v) is 2.19. The first-order chi connectivity index (χ1) is 7.10. The molecule has 0 saturated carbocycles. The lowest BCUT2D eigenvalue weighted by Gasteiger charge is -2.16. The third-order valence-electron chi connectivity index (χ3n) is 2.19. The van der Waals surface area contributed by atoms with E-state index in [-0.39, 0.29) is 6.04 Å². The first kappa shape index (κ1) is 14.4. The van der Waals surface area contributed by atoms with Crippen molar-refractivity contribution < 1.29 is 4.74 Å². The van der Waals surface area contributed by atoms with Crippen LogP contribution in [-0.4, -0.2) is 24.8 Å². The number of nitrogens with one attached hydrogen (secondary N) is 1. The largest absolute Gasteiger partial charge is 0.378 e. The SMILES string of the molecule is CCCC(C)OCCC(C#N)NC(C)C. The molecule has 2 unspecified atom stereocenters. The van der Waals surface area contributed by atoms with E-state index < -0.39 is 0 Å². The maximum Gasteiger partial charge on any atom is 0.0976 e. The Kier molecular flexibility index (Phi) is 8.35. The van der Waals surface area contributed by atoms with Crippen LogP contribution in [0.25, 0.3) is 0 Å². The second-order valence-electron chi connectivity index (χ2n) is 4.26. The quantitative estimate of drug-likeness (QED) is 0.672. The Morgan fingerprint density at radius 3 is 2.40 bits per heavy atom. The van der Waals surface area contributed by atoms with Crippen LogP contribution in [0.3, 0.4) is 0 Å². The zero-order chi connectivity index (χ0) is 11.7. The van der Waals surface area contributed by atoms with Crippen LogP contribution < -0.4 is 5.32 Å². The van der Waals surface area contributed by atoms with Gasteiger partial charge in [-0.2, -0.15) is 5.26 Å². The Bertz CT molecular complexity index is 187. The first-order valence-electron chi connectivity index (χ1n) is 5.87. The van der Waals surface area contributed by atoms with Crippen molar-refractivity contribution in [2.24, 2.45) is 0 Å². The lowest BCUT2D eigenvalue weighted by atomic mass is 10.2. The molecule has 3 nitrogen and oxygen atoms in total. The summed E-state index contributed by atoms with van der Waals surface area (Å²) in [6.45, 7) is 8.99. The van der Waals surface area contributed by atoms with E-state index in [0.29, 0.717) is 18.8 Å². The monoisotopic (exact) mass is 212 g/mol. The normalized spacial score (nSPS) is 14.9. The third kappa shape index (κ3) is 8.41. The smallest absolute Gasteiger partial charge is 0.0976 e. The summed E-state index contributed by atoms with van der Waals surface area (Å²) >= 11 is 0. The van der Waals surface area contributed by atoms with E-state index in [4.69, 9.17) is 10.00 Å². The molecule has 0 aliphatic carbocycles. The number of nitrogens with zero attached hydrogens (tertiary/aromatic N) is 1. The molecule has 0 aliphatic rings. The van der Waals surface area contributed by atoms with E-state index >= 15 is 0 Å². The van der Waals surface area contributed by atoms with Gasteiger partial charge < -0.3 is 4.74 Å². The Balaban J connectivity index is 3.59. The van der Waals surface area contributed by atoms with Crippen LogP contribution in [-0.2, 0) is 4.74 Å². The molecule has 0 amide bonds. The number of nitriles is 1. The molecule has 0 heterocycles. The lowest BCUT2D eigenvalue weighted by molar-refractivity contribution is 0.0555. The van der Waals surface area contributed by atoms with E-state index in [1.807, 2.05) is 13.8 Å². The molecule has 1 N–H and O–H groups in total. The van der Waals surface area contributed by atoms with Gasteiger partial charge in [-0.1, -0.05) is 13.3 Å². The van der Waals surface area contributed by atoms with Crippen molar-refractivity contribution >= 4 is 0 Å². The summed E-state index contributed by atoms with van der Waals surface area (Å²) in [5, 5.41) is 12.1. The van der Waals surface area contributed by atoms with Gasteiger partial charge in [-0.3, -0.25) is 5.32 Å². The van der Waals surface area contributed by atoms with Gasteiger partial charge >= 0.3 is 0 Å². The molecule has 0 bridgehead atoms. The van der Waals surface area contributed by atoms with E-state index in [0.717, 1.165) is 19.3 Å². The topological polar surface area (TPSA) is 45.0 Å². The highest BCUT2D eigenvalue weighted by Gasteiger charge is 2.09. The van der Waals surface area contributed by atoms with Gasteiger partial charge in [-0.15, -0.1) is 0 Å².